The summed E-state index contributed by atoms with van der Waals surface area (Å²) in [5.41, 5.74) is 8.96. The van der Waals surface area contributed by atoms with E-state index in [9.17, 15) is 4.79 Å². The van der Waals surface area contributed by atoms with Crippen LogP contribution < -0.4 is 10.6 Å². The number of aryl methyl sites for hydroxylation is 1. The Morgan fingerprint density at radius 3 is 2.40 bits per heavy atom. The SMILES string of the molecule is Cc1cccc(N2CCN(C(=O)C3CC4CCCC(C3)C4N)CC2)c1. The number of hydrogen-bond acceptors (Lipinski definition) is 3. The highest BCUT2D eigenvalue weighted by Crippen LogP contribution is 2.42. The van der Waals surface area contributed by atoms with Crippen molar-refractivity contribution in [3.8, 4) is 0 Å². The van der Waals surface area contributed by atoms with E-state index in [-0.39, 0.29) is 5.92 Å². The van der Waals surface area contributed by atoms with Gasteiger partial charge in [0.1, 0.15) is 0 Å². The molecule has 1 saturated heterocycles. The predicted octanol–water partition coefficient (Wildman–Crippen LogP) is 2.80. The van der Waals surface area contributed by atoms with Crippen LogP contribution in [0.3, 0.4) is 0 Å². The molecule has 25 heavy (non-hydrogen) atoms. The first kappa shape index (κ1) is 16.9. The van der Waals surface area contributed by atoms with Crippen molar-refractivity contribution >= 4 is 11.6 Å². The van der Waals surface area contributed by atoms with E-state index in [0.29, 0.717) is 23.8 Å². The van der Waals surface area contributed by atoms with Crippen LogP contribution in [0.4, 0.5) is 5.69 Å². The maximum atomic E-state index is 13.1. The summed E-state index contributed by atoms with van der Waals surface area (Å²) in [6.07, 6.45) is 5.80. The van der Waals surface area contributed by atoms with E-state index in [1.807, 2.05) is 0 Å². The monoisotopic (exact) mass is 341 g/mol. The molecule has 2 N–H and O–H groups in total. The smallest absolute Gasteiger partial charge is 0.225 e. The van der Waals surface area contributed by atoms with Crippen LogP contribution in [0, 0.1) is 24.7 Å². The molecule has 4 nitrogen and oxygen atoms in total. The minimum atomic E-state index is 0.223. The van der Waals surface area contributed by atoms with E-state index in [1.165, 1.54) is 30.5 Å². The second-order valence-corrected chi connectivity index (χ2v) is 8.35. The molecule has 0 aromatic heterocycles. The van der Waals surface area contributed by atoms with Crippen LogP contribution in [0.15, 0.2) is 24.3 Å². The Labute approximate surface area is 151 Å². The van der Waals surface area contributed by atoms with Gasteiger partial charge in [0, 0.05) is 43.8 Å². The van der Waals surface area contributed by atoms with Crippen molar-refractivity contribution in [1.82, 2.24) is 4.90 Å². The Morgan fingerprint density at radius 1 is 1.08 bits per heavy atom. The minimum Gasteiger partial charge on any atom is -0.368 e. The van der Waals surface area contributed by atoms with Crippen LogP contribution in [-0.2, 0) is 4.79 Å². The molecule has 1 heterocycles. The number of amides is 1. The van der Waals surface area contributed by atoms with Gasteiger partial charge in [-0.25, -0.2) is 0 Å². The van der Waals surface area contributed by atoms with Gasteiger partial charge in [-0.05, 0) is 62.1 Å². The van der Waals surface area contributed by atoms with Crippen LogP contribution in [0.2, 0.25) is 0 Å². The van der Waals surface area contributed by atoms with Crippen molar-refractivity contribution in [2.24, 2.45) is 23.5 Å². The molecule has 4 rings (SSSR count). The van der Waals surface area contributed by atoms with Crippen molar-refractivity contribution in [2.75, 3.05) is 31.1 Å². The van der Waals surface area contributed by atoms with E-state index in [4.69, 9.17) is 5.73 Å². The maximum Gasteiger partial charge on any atom is 0.225 e. The molecule has 0 radical (unpaired) electrons. The number of carbonyl (C=O) groups excluding carboxylic acids is 1. The van der Waals surface area contributed by atoms with Gasteiger partial charge >= 0.3 is 0 Å². The molecule has 2 atom stereocenters. The number of fused-ring (bicyclic) bond motifs is 2. The number of benzene rings is 1. The van der Waals surface area contributed by atoms with Crippen LogP contribution in [0.1, 0.15) is 37.7 Å². The third kappa shape index (κ3) is 3.41. The number of carbonyl (C=O) groups is 1. The number of nitrogens with zero attached hydrogens (tertiary/aromatic N) is 2. The van der Waals surface area contributed by atoms with E-state index < -0.39 is 0 Å². The number of piperazine rings is 1. The molecule has 3 fully saturated rings. The fraction of sp³-hybridized carbons (Fsp3) is 0.667. The molecule has 3 aliphatic rings. The number of rotatable bonds is 2. The van der Waals surface area contributed by atoms with Gasteiger partial charge in [0.25, 0.3) is 0 Å². The molecule has 1 aliphatic heterocycles. The minimum absolute atomic E-state index is 0.223. The summed E-state index contributed by atoms with van der Waals surface area (Å²) in [5.74, 6) is 1.78. The molecule has 2 bridgehead atoms. The second-order valence-electron chi connectivity index (χ2n) is 8.35. The summed E-state index contributed by atoms with van der Waals surface area (Å²) in [6, 6.07) is 9.01. The molecule has 2 saturated carbocycles. The summed E-state index contributed by atoms with van der Waals surface area (Å²) in [5, 5.41) is 0. The first-order chi connectivity index (χ1) is 12.1. The molecular formula is C21H31N3O. The van der Waals surface area contributed by atoms with Gasteiger partial charge in [0.2, 0.25) is 5.91 Å². The molecule has 2 unspecified atom stereocenters. The van der Waals surface area contributed by atoms with E-state index in [0.717, 1.165) is 39.0 Å². The van der Waals surface area contributed by atoms with Crippen molar-refractivity contribution in [2.45, 2.75) is 45.1 Å². The summed E-state index contributed by atoms with van der Waals surface area (Å²) >= 11 is 0. The highest BCUT2D eigenvalue weighted by atomic mass is 16.2. The zero-order valence-corrected chi connectivity index (χ0v) is 15.4. The predicted molar refractivity (Wildman–Crippen MR) is 102 cm³/mol. The van der Waals surface area contributed by atoms with Gasteiger partial charge < -0.3 is 15.5 Å². The summed E-state index contributed by atoms with van der Waals surface area (Å²) < 4.78 is 0. The van der Waals surface area contributed by atoms with E-state index in [2.05, 4.69) is 41.0 Å². The highest BCUT2D eigenvalue weighted by molar-refractivity contribution is 5.79. The lowest BCUT2D eigenvalue weighted by atomic mass is 9.65. The average molecular weight is 341 g/mol. The third-order valence-electron chi connectivity index (χ3n) is 6.72. The highest BCUT2D eigenvalue weighted by Gasteiger charge is 2.41. The zero-order valence-electron chi connectivity index (χ0n) is 15.4. The van der Waals surface area contributed by atoms with Crippen molar-refractivity contribution in [3.05, 3.63) is 29.8 Å². The molecular weight excluding hydrogens is 310 g/mol. The van der Waals surface area contributed by atoms with E-state index >= 15 is 0 Å². The molecule has 1 aromatic rings. The Kier molecular flexibility index (Phi) is 4.72. The molecule has 0 spiro atoms. The Bertz CT molecular complexity index is 609. The van der Waals surface area contributed by atoms with Crippen LogP contribution in [0.5, 0.6) is 0 Å². The lowest BCUT2D eigenvalue weighted by molar-refractivity contribution is -0.138. The average Bonchev–Trinajstić information content (AvgIpc) is 2.61. The lowest BCUT2D eigenvalue weighted by Gasteiger charge is -2.45. The van der Waals surface area contributed by atoms with Crippen LogP contribution in [-0.4, -0.2) is 43.0 Å². The molecule has 2 aliphatic carbocycles. The van der Waals surface area contributed by atoms with Crippen molar-refractivity contribution in [3.63, 3.8) is 0 Å². The maximum absolute atomic E-state index is 13.1. The fourth-order valence-electron chi connectivity index (χ4n) is 5.26. The quantitative estimate of drug-likeness (QED) is 0.900. The Morgan fingerprint density at radius 2 is 1.76 bits per heavy atom. The topological polar surface area (TPSA) is 49.6 Å². The van der Waals surface area contributed by atoms with Crippen LogP contribution >= 0.6 is 0 Å². The Hall–Kier alpha value is -1.55. The first-order valence-corrected chi connectivity index (χ1v) is 9.98. The third-order valence-corrected chi connectivity index (χ3v) is 6.72. The summed E-state index contributed by atoms with van der Waals surface area (Å²) in [6.45, 7) is 5.71. The fourth-order valence-corrected chi connectivity index (χ4v) is 5.26. The molecule has 1 amide bonds. The van der Waals surface area contributed by atoms with Gasteiger partial charge in [0.15, 0.2) is 0 Å². The standard InChI is InChI=1S/C21H31N3O/c1-15-4-2-7-19(12-15)23-8-10-24(11-9-23)21(25)18-13-16-5-3-6-17(14-18)20(16)22/h2,4,7,12,16-18,20H,3,5-6,8-11,13-14,22H2,1H3. The van der Waals surface area contributed by atoms with Gasteiger partial charge in [-0.1, -0.05) is 18.6 Å². The normalized spacial score (nSPS) is 32.6. The molecule has 136 valence electrons. The van der Waals surface area contributed by atoms with Gasteiger partial charge in [0.05, 0.1) is 0 Å². The zero-order chi connectivity index (χ0) is 17.4. The molecule has 1 aromatic carbocycles. The summed E-state index contributed by atoms with van der Waals surface area (Å²) in [4.78, 5) is 17.6. The lowest BCUT2D eigenvalue weighted by Crippen LogP contribution is -2.53. The largest absolute Gasteiger partial charge is 0.368 e. The van der Waals surface area contributed by atoms with Crippen molar-refractivity contribution in [1.29, 1.82) is 0 Å². The number of anilines is 1. The van der Waals surface area contributed by atoms with Gasteiger partial charge in [-0.15, -0.1) is 0 Å². The molecule has 4 heteroatoms. The second kappa shape index (κ2) is 6.99. The number of hydrogen-bond donors (Lipinski definition) is 1. The van der Waals surface area contributed by atoms with E-state index in [1.54, 1.807) is 0 Å². The van der Waals surface area contributed by atoms with Crippen molar-refractivity contribution < 1.29 is 4.79 Å². The van der Waals surface area contributed by atoms with Gasteiger partial charge in [-0.2, -0.15) is 0 Å². The Balaban J connectivity index is 1.35. The van der Waals surface area contributed by atoms with Gasteiger partial charge in [-0.3, -0.25) is 4.79 Å². The summed E-state index contributed by atoms with van der Waals surface area (Å²) in [7, 11) is 0. The first-order valence-electron chi connectivity index (χ1n) is 9.98. The van der Waals surface area contributed by atoms with Crippen LogP contribution in [0.25, 0.3) is 0 Å². The number of nitrogens with two attached hydrogens (primary N) is 1.